The van der Waals surface area contributed by atoms with Gasteiger partial charge < -0.3 is 14.8 Å². The van der Waals surface area contributed by atoms with Gasteiger partial charge in [-0.2, -0.15) is 0 Å². The second-order valence-electron chi connectivity index (χ2n) is 5.03. The SMILES string of the molecule is Cc1ccc(C(=O)N2CC(C)NCC2C)n1C. The average molecular weight is 235 g/mol. The molecule has 0 aliphatic carbocycles. The van der Waals surface area contributed by atoms with Crippen LogP contribution in [0.5, 0.6) is 0 Å². The maximum absolute atomic E-state index is 12.5. The fraction of sp³-hybridized carbons (Fsp3) is 0.615. The summed E-state index contributed by atoms with van der Waals surface area (Å²) in [6.45, 7) is 7.87. The molecule has 1 N–H and O–H groups in total. The van der Waals surface area contributed by atoms with Crippen LogP contribution >= 0.6 is 0 Å². The normalized spacial score (nSPS) is 25.1. The number of rotatable bonds is 1. The highest BCUT2D eigenvalue weighted by Crippen LogP contribution is 2.14. The monoisotopic (exact) mass is 235 g/mol. The average Bonchev–Trinajstić information content (AvgIpc) is 2.62. The van der Waals surface area contributed by atoms with Crippen molar-refractivity contribution in [1.29, 1.82) is 0 Å². The van der Waals surface area contributed by atoms with Crippen molar-refractivity contribution < 1.29 is 4.79 Å². The van der Waals surface area contributed by atoms with E-state index in [0.717, 1.165) is 24.5 Å². The lowest BCUT2D eigenvalue weighted by Crippen LogP contribution is -2.56. The molecule has 94 valence electrons. The summed E-state index contributed by atoms with van der Waals surface area (Å²) in [6, 6.07) is 4.53. The number of nitrogens with one attached hydrogen (secondary N) is 1. The van der Waals surface area contributed by atoms with Crippen LogP contribution in [0.15, 0.2) is 12.1 Å². The van der Waals surface area contributed by atoms with Crippen LogP contribution in [0.25, 0.3) is 0 Å². The van der Waals surface area contributed by atoms with Gasteiger partial charge in [-0.3, -0.25) is 4.79 Å². The third kappa shape index (κ3) is 2.22. The number of carbonyl (C=O) groups excluding carboxylic acids is 1. The molecule has 4 nitrogen and oxygen atoms in total. The minimum atomic E-state index is 0.140. The number of piperazine rings is 1. The third-order valence-corrected chi connectivity index (χ3v) is 3.62. The van der Waals surface area contributed by atoms with E-state index in [9.17, 15) is 4.79 Å². The molecule has 1 saturated heterocycles. The molecule has 1 amide bonds. The Hall–Kier alpha value is -1.29. The number of carbonyl (C=O) groups is 1. The molecule has 1 aromatic heterocycles. The quantitative estimate of drug-likeness (QED) is 0.793. The first-order valence-corrected chi connectivity index (χ1v) is 6.17. The van der Waals surface area contributed by atoms with E-state index in [1.54, 1.807) is 0 Å². The Labute approximate surface area is 103 Å². The molecule has 1 aliphatic heterocycles. The smallest absolute Gasteiger partial charge is 0.270 e. The standard InChI is InChI=1S/C13H21N3O/c1-9-8-16(11(3)7-14-9)13(17)12-6-5-10(2)15(12)4/h5-6,9,11,14H,7-8H2,1-4H3. The molecule has 0 bridgehead atoms. The van der Waals surface area contributed by atoms with Crippen molar-refractivity contribution in [3.8, 4) is 0 Å². The van der Waals surface area contributed by atoms with Crippen molar-refractivity contribution in [2.75, 3.05) is 13.1 Å². The Kier molecular flexibility index (Phi) is 3.24. The summed E-state index contributed by atoms with van der Waals surface area (Å²) in [6.07, 6.45) is 0. The molecule has 4 heteroatoms. The Morgan fingerprint density at radius 2 is 2.12 bits per heavy atom. The van der Waals surface area contributed by atoms with Gasteiger partial charge in [0, 0.05) is 37.9 Å². The van der Waals surface area contributed by atoms with E-state index in [0.29, 0.717) is 6.04 Å². The van der Waals surface area contributed by atoms with Gasteiger partial charge >= 0.3 is 0 Å². The lowest BCUT2D eigenvalue weighted by Gasteiger charge is -2.37. The van der Waals surface area contributed by atoms with Crippen LogP contribution in [0, 0.1) is 6.92 Å². The second kappa shape index (κ2) is 4.53. The molecule has 2 unspecified atom stereocenters. The van der Waals surface area contributed by atoms with Crippen molar-refractivity contribution in [1.82, 2.24) is 14.8 Å². The van der Waals surface area contributed by atoms with Crippen molar-refractivity contribution >= 4 is 5.91 Å². The zero-order valence-corrected chi connectivity index (χ0v) is 11.0. The number of aryl methyl sites for hydroxylation is 1. The molecule has 0 radical (unpaired) electrons. The van der Waals surface area contributed by atoms with Crippen molar-refractivity contribution in [3.05, 3.63) is 23.5 Å². The first-order valence-electron chi connectivity index (χ1n) is 6.17. The Morgan fingerprint density at radius 1 is 1.41 bits per heavy atom. The molecule has 2 atom stereocenters. The van der Waals surface area contributed by atoms with Crippen molar-refractivity contribution in [2.24, 2.45) is 7.05 Å². The summed E-state index contributed by atoms with van der Waals surface area (Å²) in [7, 11) is 1.94. The van der Waals surface area contributed by atoms with Gasteiger partial charge in [0.2, 0.25) is 0 Å². The summed E-state index contributed by atoms with van der Waals surface area (Å²) < 4.78 is 1.96. The molecule has 2 heterocycles. The summed E-state index contributed by atoms with van der Waals surface area (Å²) in [5.74, 6) is 0.140. The summed E-state index contributed by atoms with van der Waals surface area (Å²) in [5, 5.41) is 3.39. The van der Waals surface area contributed by atoms with E-state index in [4.69, 9.17) is 0 Å². The Morgan fingerprint density at radius 3 is 2.71 bits per heavy atom. The van der Waals surface area contributed by atoms with E-state index in [2.05, 4.69) is 19.2 Å². The topological polar surface area (TPSA) is 37.3 Å². The van der Waals surface area contributed by atoms with Gasteiger partial charge in [0.05, 0.1) is 0 Å². The highest BCUT2D eigenvalue weighted by molar-refractivity contribution is 5.93. The molecule has 1 aromatic rings. The van der Waals surface area contributed by atoms with Crippen LogP contribution in [0.3, 0.4) is 0 Å². The van der Waals surface area contributed by atoms with E-state index in [1.807, 2.05) is 35.6 Å². The summed E-state index contributed by atoms with van der Waals surface area (Å²) in [5.41, 5.74) is 1.90. The van der Waals surface area contributed by atoms with Crippen LogP contribution in [-0.2, 0) is 7.05 Å². The van der Waals surface area contributed by atoms with Crippen LogP contribution in [0.2, 0.25) is 0 Å². The molecule has 0 saturated carbocycles. The van der Waals surface area contributed by atoms with Gasteiger partial charge in [0.15, 0.2) is 0 Å². The van der Waals surface area contributed by atoms with Crippen molar-refractivity contribution in [3.63, 3.8) is 0 Å². The molecule has 0 aromatic carbocycles. The number of amides is 1. The number of hydrogen-bond acceptors (Lipinski definition) is 2. The van der Waals surface area contributed by atoms with E-state index < -0.39 is 0 Å². The van der Waals surface area contributed by atoms with Gasteiger partial charge in [-0.15, -0.1) is 0 Å². The Bertz CT molecular complexity index is 424. The van der Waals surface area contributed by atoms with Crippen LogP contribution in [0.1, 0.15) is 30.0 Å². The lowest BCUT2D eigenvalue weighted by atomic mass is 10.1. The van der Waals surface area contributed by atoms with Gasteiger partial charge in [-0.25, -0.2) is 0 Å². The molecular formula is C13H21N3O. The van der Waals surface area contributed by atoms with Gasteiger partial charge in [-0.05, 0) is 32.9 Å². The Balaban J connectivity index is 2.22. The highest BCUT2D eigenvalue weighted by atomic mass is 16.2. The fourth-order valence-electron chi connectivity index (χ4n) is 2.28. The van der Waals surface area contributed by atoms with Gasteiger partial charge in [0.25, 0.3) is 5.91 Å². The first kappa shape index (κ1) is 12.2. The zero-order valence-electron chi connectivity index (χ0n) is 11.0. The predicted octanol–water partition coefficient (Wildman–Crippen LogP) is 1.16. The van der Waals surface area contributed by atoms with Crippen molar-refractivity contribution in [2.45, 2.75) is 32.9 Å². The second-order valence-corrected chi connectivity index (χ2v) is 5.03. The maximum atomic E-state index is 12.5. The van der Waals surface area contributed by atoms with E-state index >= 15 is 0 Å². The summed E-state index contributed by atoms with van der Waals surface area (Å²) in [4.78, 5) is 14.4. The molecule has 1 aliphatic rings. The molecule has 0 spiro atoms. The largest absolute Gasteiger partial charge is 0.344 e. The minimum Gasteiger partial charge on any atom is -0.344 e. The number of aromatic nitrogens is 1. The van der Waals surface area contributed by atoms with E-state index in [-0.39, 0.29) is 11.9 Å². The highest BCUT2D eigenvalue weighted by Gasteiger charge is 2.28. The van der Waals surface area contributed by atoms with E-state index in [1.165, 1.54) is 0 Å². The van der Waals surface area contributed by atoms with Crippen LogP contribution in [-0.4, -0.2) is 40.5 Å². The number of nitrogens with zero attached hydrogens (tertiary/aromatic N) is 2. The summed E-state index contributed by atoms with van der Waals surface area (Å²) >= 11 is 0. The zero-order chi connectivity index (χ0) is 12.6. The predicted molar refractivity (Wildman–Crippen MR) is 68.1 cm³/mol. The first-order chi connectivity index (χ1) is 8.00. The van der Waals surface area contributed by atoms with Crippen LogP contribution < -0.4 is 5.32 Å². The molecular weight excluding hydrogens is 214 g/mol. The molecule has 1 fully saturated rings. The fourth-order valence-corrected chi connectivity index (χ4v) is 2.28. The molecule has 17 heavy (non-hydrogen) atoms. The number of hydrogen-bond donors (Lipinski definition) is 1. The lowest BCUT2D eigenvalue weighted by molar-refractivity contribution is 0.0606. The van der Waals surface area contributed by atoms with Gasteiger partial charge in [-0.1, -0.05) is 0 Å². The van der Waals surface area contributed by atoms with Crippen LogP contribution in [0.4, 0.5) is 0 Å². The molecule has 2 rings (SSSR count). The third-order valence-electron chi connectivity index (χ3n) is 3.62. The maximum Gasteiger partial charge on any atom is 0.270 e. The van der Waals surface area contributed by atoms with Gasteiger partial charge in [0.1, 0.15) is 5.69 Å². The minimum absolute atomic E-state index is 0.140.